The van der Waals surface area contributed by atoms with E-state index in [0.29, 0.717) is 6.54 Å². The van der Waals surface area contributed by atoms with E-state index in [1.807, 2.05) is 5.38 Å². The van der Waals surface area contributed by atoms with Crippen molar-refractivity contribution < 1.29 is 4.79 Å². The minimum atomic E-state index is 0.196. The Bertz CT molecular complexity index is 280. The molecular weight excluding hydrogens is 184 g/mol. The highest BCUT2D eigenvalue weighted by atomic mass is 32.1. The van der Waals surface area contributed by atoms with E-state index in [2.05, 4.69) is 10.3 Å². The number of hydrogen-bond acceptors (Lipinski definition) is 3. The molecule has 4 heteroatoms. The number of carbonyl (C=O) groups excluding carboxylic acids is 1. The van der Waals surface area contributed by atoms with Gasteiger partial charge in [0.15, 0.2) is 0 Å². The van der Waals surface area contributed by atoms with Crippen molar-refractivity contribution in [1.29, 1.82) is 0 Å². The summed E-state index contributed by atoms with van der Waals surface area (Å²) < 4.78 is 0. The quantitative estimate of drug-likeness (QED) is 0.797. The Morgan fingerprint density at radius 3 is 3.08 bits per heavy atom. The summed E-state index contributed by atoms with van der Waals surface area (Å²) in [6.45, 7) is 0.590. The molecule has 0 spiro atoms. The molecule has 0 aliphatic heterocycles. The fourth-order valence-electron chi connectivity index (χ4n) is 1.32. The van der Waals surface area contributed by atoms with Gasteiger partial charge in [0.05, 0.1) is 6.54 Å². The van der Waals surface area contributed by atoms with E-state index < -0.39 is 0 Å². The molecule has 2 rings (SSSR count). The van der Waals surface area contributed by atoms with Gasteiger partial charge in [0, 0.05) is 17.5 Å². The molecule has 0 saturated heterocycles. The molecule has 1 saturated carbocycles. The zero-order chi connectivity index (χ0) is 9.10. The minimum absolute atomic E-state index is 0.196. The van der Waals surface area contributed by atoms with E-state index in [0.717, 1.165) is 17.8 Å². The van der Waals surface area contributed by atoms with Crippen LogP contribution in [0.25, 0.3) is 0 Å². The van der Waals surface area contributed by atoms with E-state index >= 15 is 0 Å². The number of aromatic nitrogens is 1. The highest BCUT2D eigenvalue weighted by molar-refractivity contribution is 7.09. The van der Waals surface area contributed by atoms with Crippen LogP contribution in [-0.2, 0) is 11.3 Å². The van der Waals surface area contributed by atoms with Gasteiger partial charge in [-0.2, -0.15) is 0 Å². The molecule has 70 valence electrons. The second-order valence-corrected chi connectivity index (χ2v) is 4.25. The highest BCUT2D eigenvalue weighted by Gasteiger charge is 2.24. The predicted molar refractivity (Wildman–Crippen MR) is 51.3 cm³/mol. The van der Waals surface area contributed by atoms with Gasteiger partial charge >= 0.3 is 0 Å². The predicted octanol–water partition coefficient (Wildman–Crippen LogP) is 1.56. The number of carbonyl (C=O) groups is 1. The molecule has 1 N–H and O–H groups in total. The third-order valence-corrected chi connectivity index (χ3v) is 3.15. The van der Waals surface area contributed by atoms with Crippen LogP contribution in [-0.4, -0.2) is 10.9 Å². The van der Waals surface area contributed by atoms with Gasteiger partial charge in [-0.05, 0) is 12.8 Å². The van der Waals surface area contributed by atoms with Gasteiger partial charge in [0.2, 0.25) is 5.91 Å². The lowest BCUT2D eigenvalue weighted by Crippen LogP contribution is -2.33. The summed E-state index contributed by atoms with van der Waals surface area (Å²) >= 11 is 1.58. The van der Waals surface area contributed by atoms with Crippen molar-refractivity contribution in [3.8, 4) is 0 Å². The molecule has 0 aromatic carbocycles. The van der Waals surface area contributed by atoms with Crippen molar-refractivity contribution >= 4 is 17.2 Å². The van der Waals surface area contributed by atoms with Gasteiger partial charge in [0.1, 0.15) is 5.01 Å². The number of nitrogens with zero attached hydrogens (tertiary/aromatic N) is 1. The first-order chi connectivity index (χ1) is 6.36. The normalized spacial score (nSPS) is 16.6. The number of hydrogen-bond donors (Lipinski definition) is 1. The van der Waals surface area contributed by atoms with Crippen LogP contribution in [0.15, 0.2) is 11.6 Å². The molecule has 1 amide bonds. The fourth-order valence-corrected chi connectivity index (χ4v) is 1.87. The molecule has 1 fully saturated rings. The number of nitrogens with one attached hydrogen (secondary N) is 1. The van der Waals surface area contributed by atoms with Crippen LogP contribution in [0.2, 0.25) is 0 Å². The van der Waals surface area contributed by atoms with Gasteiger partial charge in [-0.3, -0.25) is 4.79 Å². The summed E-state index contributed by atoms with van der Waals surface area (Å²) in [5.74, 6) is 0.474. The lowest BCUT2D eigenvalue weighted by molar-refractivity contribution is -0.127. The van der Waals surface area contributed by atoms with Crippen LogP contribution in [0.1, 0.15) is 24.3 Å². The van der Waals surface area contributed by atoms with Gasteiger partial charge in [-0.1, -0.05) is 6.42 Å². The molecule has 1 aliphatic carbocycles. The van der Waals surface area contributed by atoms with Crippen LogP contribution in [0, 0.1) is 5.92 Å². The SMILES string of the molecule is O=C(NCc1nccs1)C1CCC1. The molecule has 3 nitrogen and oxygen atoms in total. The van der Waals surface area contributed by atoms with Crippen molar-refractivity contribution in [3.63, 3.8) is 0 Å². The molecular formula is C9H12N2OS. The van der Waals surface area contributed by atoms with Gasteiger partial charge in [-0.15, -0.1) is 11.3 Å². The lowest BCUT2D eigenvalue weighted by Gasteiger charge is -2.23. The third kappa shape index (κ3) is 2.06. The Kier molecular flexibility index (Phi) is 2.59. The summed E-state index contributed by atoms with van der Waals surface area (Å²) in [6, 6.07) is 0. The summed E-state index contributed by atoms with van der Waals surface area (Å²) in [4.78, 5) is 15.5. The van der Waals surface area contributed by atoms with E-state index in [9.17, 15) is 4.79 Å². The molecule has 1 aromatic heterocycles. The maximum Gasteiger partial charge on any atom is 0.223 e. The van der Waals surface area contributed by atoms with Crippen LogP contribution in [0.5, 0.6) is 0 Å². The number of amides is 1. The summed E-state index contributed by atoms with van der Waals surface area (Å²) in [7, 11) is 0. The largest absolute Gasteiger partial charge is 0.349 e. The minimum Gasteiger partial charge on any atom is -0.349 e. The molecule has 0 bridgehead atoms. The zero-order valence-electron chi connectivity index (χ0n) is 7.32. The number of thiazole rings is 1. The zero-order valence-corrected chi connectivity index (χ0v) is 8.14. The molecule has 13 heavy (non-hydrogen) atoms. The molecule has 1 aromatic rings. The van der Waals surface area contributed by atoms with Crippen LogP contribution in [0.3, 0.4) is 0 Å². The third-order valence-electron chi connectivity index (χ3n) is 2.37. The van der Waals surface area contributed by atoms with E-state index in [1.54, 1.807) is 17.5 Å². The van der Waals surface area contributed by atoms with E-state index in [-0.39, 0.29) is 11.8 Å². The van der Waals surface area contributed by atoms with Crippen molar-refractivity contribution in [2.45, 2.75) is 25.8 Å². The first-order valence-electron chi connectivity index (χ1n) is 4.52. The van der Waals surface area contributed by atoms with Crippen molar-refractivity contribution in [2.75, 3.05) is 0 Å². The molecule has 0 radical (unpaired) electrons. The topological polar surface area (TPSA) is 42.0 Å². The van der Waals surface area contributed by atoms with Crippen LogP contribution < -0.4 is 5.32 Å². The lowest BCUT2D eigenvalue weighted by atomic mass is 9.85. The first-order valence-corrected chi connectivity index (χ1v) is 5.40. The van der Waals surface area contributed by atoms with Gasteiger partial charge < -0.3 is 5.32 Å². The average Bonchev–Trinajstić information content (AvgIpc) is 2.49. The van der Waals surface area contributed by atoms with Crippen LogP contribution >= 0.6 is 11.3 Å². The average molecular weight is 196 g/mol. The van der Waals surface area contributed by atoms with Gasteiger partial charge in [0.25, 0.3) is 0 Å². The Labute approximate surface area is 81.2 Å². The van der Waals surface area contributed by atoms with Crippen LogP contribution in [0.4, 0.5) is 0 Å². The summed E-state index contributed by atoms with van der Waals surface area (Å²) in [5.41, 5.74) is 0. The smallest absolute Gasteiger partial charge is 0.223 e. The molecule has 0 unspecified atom stereocenters. The standard InChI is InChI=1S/C9H12N2OS/c12-9(7-2-1-3-7)11-6-8-10-4-5-13-8/h4-5,7H,1-3,6H2,(H,11,12). The van der Waals surface area contributed by atoms with E-state index in [4.69, 9.17) is 0 Å². The van der Waals surface area contributed by atoms with Crippen molar-refractivity contribution in [3.05, 3.63) is 16.6 Å². The maximum absolute atomic E-state index is 11.4. The monoisotopic (exact) mass is 196 g/mol. The summed E-state index contributed by atoms with van der Waals surface area (Å²) in [5, 5.41) is 5.80. The Hall–Kier alpha value is -0.900. The van der Waals surface area contributed by atoms with Gasteiger partial charge in [-0.25, -0.2) is 4.98 Å². The Morgan fingerprint density at radius 2 is 2.54 bits per heavy atom. The molecule has 0 atom stereocenters. The van der Waals surface area contributed by atoms with Crippen molar-refractivity contribution in [1.82, 2.24) is 10.3 Å². The second kappa shape index (κ2) is 3.87. The fraction of sp³-hybridized carbons (Fsp3) is 0.556. The highest BCUT2D eigenvalue weighted by Crippen LogP contribution is 2.26. The maximum atomic E-state index is 11.4. The second-order valence-electron chi connectivity index (χ2n) is 3.27. The van der Waals surface area contributed by atoms with Crippen molar-refractivity contribution in [2.24, 2.45) is 5.92 Å². The van der Waals surface area contributed by atoms with E-state index in [1.165, 1.54) is 6.42 Å². The molecule has 1 aliphatic rings. The number of rotatable bonds is 3. The summed E-state index contributed by atoms with van der Waals surface area (Å²) in [6.07, 6.45) is 5.08. The Morgan fingerprint density at radius 1 is 1.69 bits per heavy atom. The first kappa shape index (κ1) is 8.69. The Balaban J connectivity index is 1.76. The molecule has 1 heterocycles.